The van der Waals surface area contributed by atoms with E-state index in [1.54, 1.807) is 0 Å². The van der Waals surface area contributed by atoms with Crippen molar-refractivity contribution in [2.45, 2.75) is 522 Å². The summed E-state index contributed by atoms with van der Waals surface area (Å²) in [7, 11) is -9.94. The number of unbranched alkanes of at least 4 members (excludes halogenated alkanes) is 63. The average molecular weight is 1620 g/mol. The maximum atomic E-state index is 13.2. The fraction of sp³-hybridized carbons (Fsp3) is 0.957. The molecule has 0 aromatic heterocycles. The van der Waals surface area contributed by atoms with Crippen molar-refractivity contribution in [3.63, 3.8) is 0 Å². The second-order valence-corrected chi connectivity index (χ2v) is 36.2. The standard InChI is InChI=1S/C92H180O17P2/c1-6-10-13-16-19-22-25-28-31-34-37-39-40-43-46-49-52-55-58-61-67-72-77-91(96)108-87(81-102-89(94)75-70-65-59-56-53-50-47-44-42-38-35-32-29-26-23-20-17-14-11-7-2)83-106-110(98,99)104-79-86(93)80-105-111(100,101)107-84-88(82-103-90(95)76-71-66-63-62-64-69-74-85(5)9-4)109-92(97)78-73-68-60-57-54-51-48-45-41-36-33-30-27-24-21-18-15-12-8-3/h85-88,93H,6-84H2,1-5H3,(H,98,99)(H,100,101)/t85?,86-,87-,88-/m1/s1. The second kappa shape index (κ2) is 84.5. The maximum Gasteiger partial charge on any atom is 0.472 e. The van der Waals surface area contributed by atoms with E-state index in [0.717, 1.165) is 102 Å². The lowest BCUT2D eigenvalue weighted by Crippen LogP contribution is -2.30. The molecule has 0 saturated heterocycles. The first-order valence-electron chi connectivity index (χ1n) is 47.7. The molecule has 19 heteroatoms. The van der Waals surface area contributed by atoms with Crippen molar-refractivity contribution >= 4 is 39.5 Å². The Labute approximate surface area is 683 Å². The molecule has 17 nitrogen and oxygen atoms in total. The number of rotatable bonds is 92. The van der Waals surface area contributed by atoms with E-state index in [9.17, 15) is 43.2 Å². The fourth-order valence-corrected chi connectivity index (χ4v) is 16.1. The molecule has 0 rings (SSSR count). The van der Waals surface area contributed by atoms with Gasteiger partial charge in [-0.25, -0.2) is 9.13 Å². The van der Waals surface area contributed by atoms with Crippen LogP contribution in [0.3, 0.4) is 0 Å². The number of aliphatic hydroxyl groups is 1. The van der Waals surface area contributed by atoms with Crippen molar-refractivity contribution in [3.05, 3.63) is 0 Å². The topological polar surface area (TPSA) is 237 Å². The van der Waals surface area contributed by atoms with Gasteiger partial charge in [0.05, 0.1) is 26.4 Å². The van der Waals surface area contributed by atoms with Gasteiger partial charge in [0.25, 0.3) is 0 Å². The lowest BCUT2D eigenvalue weighted by atomic mass is 10.00. The van der Waals surface area contributed by atoms with Crippen LogP contribution < -0.4 is 0 Å². The monoisotopic (exact) mass is 1620 g/mol. The Balaban J connectivity index is 5.21. The van der Waals surface area contributed by atoms with Crippen LogP contribution in [-0.2, 0) is 65.4 Å². The summed E-state index contributed by atoms with van der Waals surface area (Å²) in [6.07, 6.45) is 80.9. The number of hydrogen-bond donors (Lipinski definition) is 3. The Hall–Kier alpha value is -1.94. The van der Waals surface area contributed by atoms with Crippen LogP contribution >= 0.6 is 15.6 Å². The summed E-state index contributed by atoms with van der Waals surface area (Å²) in [5.41, 5.74) is 0. The summed E-state index contributed by atoms with van der Waals surface area (Å²) in [5, 5.41) is 10.7. The SMILES string of the molecule is CCCCCCCCCCCCCCCCCCCCCCCCC(=O)O[C@H](COC(=O)CCCCCCCCCCCCCCCCCCCCCC)COP(=O)(O)OC[C@@H](O)COP(=O)(O)OC[C@@H](COC(=O)CCCCCCCCC(C)CC)OC(=O)CCCCCCCCCCCCCCCCCCCCC. The minimum absolute atomic E-state index is 0.108. The Morgan fingerprint density at radius 3 is 0.640 bits per heavy atom. The molecule has 0 aliphatic rings. The summed E-state index contributed by atoms with van der Waals surface area (Å²) in [6.45, 7) is 7.36. The number of carbonyl (C=O) groups is 4. The van der Waals surface area contributed by atoms with Gasteiger partial charge in [0.2, 0.25) is 0 Å². The van der Waals surface area contributed by atoms with Crippen LogP contribution in [0.2, 0.25) is 0 Å². The molecule has 0 aliphatic heterocycles. The first-order valence-corrected chi connectivity index (χ1v) is 50.7. The number of carbonyl (C=O) groups excluding carboxylic acids is 4. The lowest BCUT2D eigenvalue weighted by molar-refractivity contribution is -0.161. The van der Waals surface area contributed by atoms with Crippen molar-refractivity contribution in [2.24, 2.45) is 5.92 Å². The van der Waals surface area contributed by atoms with E-state index in [2.05, 4.69) is 34.6 Å². The molecule has 0 aromatic rings. The van der Waals surface area contributed by atoms with E-state index in [0.29, 0.717) is 25.7 Å². The Morgan fingerprint density at radius 2 is 0.432 bits per heavy atom. The third kappa shape index (κ3) is 84.3. The number of hydrogen-bond acceptors (Lipinski definition) is 15. The van der Waals surface area contributed by atoms with Crippen LogP contribution in [0.1, 0.15) is 503 Å². The first kappa shape index (κ1) is 109. The van der Waals surface area contributed by atoms with Crippen molar-refractivity contribution < 1.29 is 80.2 Å². The number of aliphatic hydroxyl groups excluding tert-OH is 1. The van der Waals surface area contributed by atoms with E-state index >= 15 is 0 Å². The molecule has 0 saturated carbocycles. The third-order valence-electron chi connectivity index (χ3n) is 22.1. The minimum Gasteiger partial charge on any atom is -0.462 e. The summed E-state index contributed by atoms with van der Waals surface area (Å²) >= 11 is 0. The van der Waals surface area contributed by atoms with E-state index in [-0.39, 0.29) is 25.7 Å². The van der Waals surface area contributed by atoms with Gasteiger partial charge in [0, 0.05) is 25.7 Å². The molecule has 0 amide bonds. The average Bonchev–Trinajstić information content (AvgIpc) is 0.898. The van der Waals surface area contributed by atoms with Gasteiger partial charge in [0.1, 0.15) is 19.3 Å². The van der Waals surface area contributed by atoms with Gasteiger partial charge in [-0.15, -0.1) is 0 Å². The van der Waals surface area contributed by atoms with Gasteiger partial charge in [-0.2, -0.15) is 0 Å². The summed E-state index contributed by atoms with van der Waals surface area (Å²) in [5.74, 6) is -1.36. The van der Waals surface area contributed by atoms with Gasteiger partial charge in [-0.1, -0.05) is 452 Å². The van der Waals surface area contributed by atoms with Crippen LogP contribution in [0.15, 0.2) is 0 Å². The minimum atomic E-state index is -4.97. The Morgan fingerprint density at radius 1 is 0.252 bits per heavy atom. The molecule has 3 unspecified atom stereocenters. The highest BCUT2D eigenvalue weighted by Gasteiger charge is 2.31. The zero-order valence-corrected chi connectivity index (χ0v) is 74.9. The van der Waals surface area contributed by atoms with Crippen LogP contribution in [-0.4, -0.2) is 96.7 Å². The number of esters is 4. The molecule has 111 heavy (non-hydrogen) atoms. The van der Waals surface area contributed by atoms with Gasteiger partial charge < -0.3 is 33.8 Å². The lowest BCUT2D eigenvalue weighted by Gasteiger charge is -2.21. The van der Waals surface area contributed by atoms with Crippen LogP contribution in [0, 0.1) is 5.92 Å². The molecule has 0 aliphatic carbocycles. The van der Waals surface area contributed by atoms with Gasteiger partial charge >= 0.3 is 39.5 Å². The molecule has 660 valence electrons. The predicted molar refractivity (Wildman–Crippen MR) is 460 cm³/mol. The van der Waals surface area contributed by atoms with Crippen LogP contribution in [0.4, 0.5) is 0 Å². The Kier molecular flexibility index (Phi) is 83.0. The van der Waals surface area contributed by atoms with Crippen LogP contribution in [0.5, 0.6) is 0 Å². The van der Waals surface area contributed by atoms with Crippen molar-refractivity contribution in [3.8, 4) is 0 Å². The molecule has 6 atom stereocenters. The largest absolute Gasteiger partial charge is 0.472 e. The number of phosphoric ester groups is 2. The van der Waals surface area contributed by atoms with Gasteiger partial charge in [-0.3, -0.25) is 37.3 Å². The van der Waals surface area contributed by atoms with E-state index < -0.39 is 97.5 Å². The van der Waals surface area contributed by atoms with Crippen molar-refractivity contribution in [1.29, 1.82) is 0 Å². The number of phosphoric acid groups is 2. The Bertz CT molecular complexity index is 2100. The van der Waals surface area contributed by atoms with Gasteiger partial charge in [0.15, 0.2) is 12.2 Å². The maximum absolute atomic E-state index is 13.2. The van der Waals surface area contributed by atoms with E-state index in [4.69, 9.17) is 37.0 Å². The van der Waals surface area contributed by atoms with Crippen molar-refractivity contribution in [2.75, 3.05) is 39.6 Å². The molecule has 0 spiro atoms. The highest BCUT2D eigenvalue weighted by atomic mass is 31.2. The molecular weight excluding hydrogens is 1440 g/mol. The summed E-state index contributed by atoms with van der Waals surface area (Å²) in [6, 6.07) is 0. The smallest absolute Gasteiger partial charge is 0.462 e. The first-order chi connectivity index (χ1) is 54.1. The molecule has 0 heterocycles. The molecule has 0 radical (unpaired) electrons. The zero-order chi connectivity index (χ0) is 81.1. The fourth-order valence-electron chi connectivity index (χ4n) is 14.5. The van der Waals surface area contributed by atoms with Gasteiger partial charge in [-0.05, 0) is 31.6 Å². The van der Waals surface area contributed by atoms with E-state index in [1.807, 2.05) is 0 Å². The normalized spacial score (nSPS) is 13.9. The number of ether oxygens (including phenoxy) is 4. The highest BCUT2D eigenvalue weighted by Crippen LogP contribution is 2.45. The predicted octanol–water partition coefficient (Wildman–Crippen LogP) is 28.7. The highest BCUT2D eigenvalue weighted by molar-refractivity contribution is 7.47. The quantitative estimate of drug-likeness (QED) is 0.0222. The van der Waals surface area contributed by atoms with E-state index in [1.165, 1.54) is 321 Å². The third-order valence-corrected chi connectivity index (χ3v) is 24.0. The molecular formula is C92H180O17P2. The molecule has 0 fully saturated rings. The second-order valence-electron chi connectivity index (χ2n) is 33.3. The summed E-state index contributed by atoms with van der Waals surface area (Å²) < 4.78 is 69.1. The van der Waals surface area contributed by atoms with Crippen LogP contribution in [0.25, 0.3) is 0 Å². The molecule has 0 aromatic carbocycles. The summed E-state index contributed by atoms with van der Waals surface area (Å²) in [4.78, 5) is 73.4. The molecule has 0 bridgehead atoms. The van der Waals surface area contributed by atoms with Crippen molar-refractivity contribution in [1.82, 2.24) is 0 Å². The zero-order valence-electron chi connectivity index (χ0n) is 73.1. The molecule has 3 N–H and O–H groups in total.